The number of aryl methyl sites for hydroxylation is 1. The molecule has 4 rings (SSSR count). The van der Waals surface area contributed by atoms with Crippen molar-refractivity contribution in [3.8, 4) is 28.9 Å². The van der Waals surface area contributed by atoms with Crippen LogP contribution in [0.25, 0.3) is 11.5 Å². The summed E-state index contributed by atoms with van der Waals surface area (Å²) in [6.07, 6.45) is 1.70. The number of benzene rings is 2. The Balaban J connectivity index is 1.52. The van der Waals surface area contributed by atoms with E-state index in [2.05, 4.69) is 20.3 Å². The number of hydrogen-bond donors (Lipinski definition) is 1. The van der Waals surface area contributed by atoms with Crippen LogP contribution in [0.15, 0.2) is 72.9 Å². The first-order valence-electron chi connectivity index (χ1n) is 10.0. The molecule has 0 aliphatic heterocycles. The lowest BCUT2D eigenvalue weighted by Crippen LogP contribution is -2.13. The maximum Gasteiger partial charge on any atom is 0.259 e. The number of para-hydroxylation sites is 1. The zero-order valence-corrected chi connectivity index (χ0v) is 18.0. The fourth-order valence-corrected chi connectivity index (χ4v) is 3.06. The topological polar surface area (TPSA) is 86.2 Å². The number of ether oxygens (including phenoxy) is 2. The molecule has 0 saturated carbocycles. The lowest BCUT2D eigenvalue weighted by atomic mass is 10.2. The van der Waals surface area contributed by atoms with E-state index < -0.39 is 0 Å². The molecule has 7 heteroatoms. The van der Waals surface area contributed by atoms with Crippen molar-refractivity contribution in [2.24, 2.45) is 0 Å². The molecule has 7 nitrogen and oxygen atoms in total. The van der Waals surface area contributed by atoms with Gasteiger partial charge >= 0.3 is 0 Å². The standard InChI is InChI=1S/C25H22N4O3/c1-16-17(2)27-23(21-9-6-7-15-26-21)29-25(16)32-19-13-11-18(12-14-19)28-24(30)20-8-4-5-10-22(20)31-3/h4-15H,1-3H3,(H,28,30). The van der Waals surface area contributed by atoms with Gasteiger partial charge in [-0.3, -0.25) is 9.78 Å². The van der Waals surface area contributed by atoms with Gasteiger partial charge in [0.15, 0.2) is 5.82 Å². The van der Waals surface area contributed by atoms with Gasteiger partial charge in [-0.25, -0.2) is 4.98 Å². The van der Waals surface area contributed by atoms with Gasteiger partial charge in [0.2, 0.25) is 5.88 Å². The lowest BCUT2D eigenvalue weighted by molar-refractivity contribution is 0.102. The molecule has 0 unspecified atom stereocenters. The molecule has 0 atom stereocenters. The number of nitrogens with zero attached hydrogens (tertiary/aromatic N) is 3. The number of hydrogen-bond acceptors (Lipinski definition) is 6. The summed E-state index contributed by atoms with van der Waals surface area (Å²) in [6, 6.07) is 19.7. The van der Waals surface area contributed by atoms with E-state index in [9.17, 15) is 4.79 Å². The smallest absolute Gasteiger partial charge is 0.259 e. The van der Waals surface area contributed by atoms with Crippen molar-refractivity contribution in [2.75, 3.05) is 12.4 Å². The van der Waals surface area contributed by atoms with Crippen molar-refractivity contribution >= 4 is 11.6 Å². The molecule has 2 aromatic carbocycles. The predicted molar refractivity (Wildman–Crippen MR) is 122 cm³/mol. The van der Waals surface area contributed by atoms with Crippen LogP contribution in [-0.4, -0.2) is 28.0 Å². The Morgan fingerprint density at radius 1 is 0.906 bits per heavy atom. The Kier molecular flexibility index (Phi) is 6.07. The SMILES string of the molecule is COc1ccccc1C(=O)Nc1ccc(Oc2nc(-c3ccccn3)nc(C)c2C)cc1. The first kappa shape index (κ1) is 21.0. The highest BCUT2D eigenvalue weighted by molar-refractivity contribution is 6.06. The van der Waals surface area contributed by atoms with Crippen molar-refractivity contribution in [1.82, 2.24) is 15.0 Å². The number of carbonyl (C=O) groups is 1. The van der Waals surface area contributed by atoms with Crippen molar-refractivity contribution in [1.29, 1.82) is 0 Å². The van der Waals surface area contributed by atoms with E-state index in [-0.39, 0.29) is 5.91 Å². The molecular formula is C25H22N4O3. The Morgan fingerprint density at radius 2 is 1.66 bits per heavy atom. The third-order valence-corrected chi connectivity index (χ3v) is 4.92. The van der Waals surface area contributed by atoms with E-state index in [0.717, 1.165) is 11.3 Å². The summed E-state index contributed by atoms with van der Waals surface area (Å²) in [6.45, 7) is 3.82. The van der Waals surface area contributed by atoms with Gasteiger partial charge in [0.25, 0.3) is 5.91 Å². The van der Waals surface area contributed by atoms with E-state index in [1.807, 2.05) is 38.1 Å². The molecule has 0 radical (unpaired) electrons. The van der Waals surface area contributed by atoms with Crippen LogP contribution in [0.2, 0.25) is 0 Å². The van der Waals surface area contributed by atoms with Crippen molar-refractivity contribution < 1.29 is 14.3 Å². The van der Waals surface area contributed by atoms with Crippen LogP contribution in [0.1, 0.15) is 21.6 Å². The van der Waals surface area contributed by atoms with Gasteiger partial charge in [0.05, 0.1) is 12.7 Å². The number of pyridine rings is 1. The predicted octanol–water partition coefficient (Wildman–Crippen LogP) is 5.21. The molecule has 160 valence electrons. The first-order chi connectivity index (χ1) is 15.5. The van der Waals surface area contributed by atoms with Crippen molar-refractivity contribution in [3.05, 3.63) is 89.7 Å². The van der Waals surface area contributed by atoms with Crippen LogP contribution in [0.4, 0.5) is 5.69 Å². The Bertz CT molecular complexity index is 1240. The fourth-order valence-electron chi connectivity index (χ4n) is 3.06. The number of carbonyl (C=O) groups excluding carboxylic acids is 1. The number of anilines is 1. The van der Waals surface area contributed by atoms with Crippen LogP contribution >= 0.6 is 0 Å². The van der Waals surface area contributed by atoms with Gasteiger partial charge in [-0.1, -0.05) is 18.2 Å². The van der Waals surface area contributed by atoms with Gasteiger partial charge in [-0.2, -0.15) is 4.98 Å². The minimum Gasteiger partial charge on any atom is -0.496 e. The summed E-state index contributed by atoms with van der Waals surface area (Å²) in [5.74, 6) is 1.82. The zero-order valence-electron chi connectivity index (χ0n) is 18.0. The van der Waals surface area contributed by atoms with E-state index in [1.165, 1.54) is 7.11 Å². The normalized spacial score (nSPS) is 10.5. The van der Waals surface area contributed by atoms with Crippen LogP contribution in [0, 0.1) is 13.8 Å². The quantitative estimate of drug-likeness (QED) is 0.456. The zero-order chi connectivity index (χ0) is 22.5. The van der Waals surface area contributed by atoms with Crippen LogP contribution in [0.5, 0.6) is 17.4 Å². The maximum absolute atomic E-state index is 12.6. The molecule has 1 N–H and O–H groups in total. The maximum atomic E-state index is 12.6. The molecule has 0 spiro atoms. The molecule has 0 aliphatic carbocycles. The summed E-state index contributed by atoms with van der Waals surface area (Å²) in [4.78, 5) is 26.0. The Morgan fingerprint density at radius 3 is 2.38 bits per heavy atom. The number of aromatic nitrogens is 3. The third kappa shape index (κ3) is 4.57. The molecule has 0 bridgehead atoms. The number of rotatable bonds is 6. The summed E-state index contributed by atoms with van der Waals surface area (Å²) in [5, 5.41) is 2.87. The van der Waals surface area contributed by atoms with Gasteiger partial charge < -0.3 is 14.8 Å². The second-order valence-electron chi connectivity index (χ2n) is 7.06. The minimum atomic E-state index is -0.251. The molecule has 2 aromatic heterocycles. The van der Waals surface area contributed by atoms with Gasteiger partial charge in [0, 0.05) is 23.1 Å². The monoisotopic (exact) mass is 426 g/mol. The summed E-state index contributed by atoms with van der Waals surface area (Å²) >= 11 is 0. The summed E-state index contributed by atoms with van der Waals surface area (Å²) < 4.78 is 11.3. The van der Waals surface area contributed by atoms with E-state index in [0.29, 0.717) is 40.1 Å². The van der Waals surface area contributed by atoms with Gasteiger partial charge in [-0.05, 0) is 62.4 Å². The van der Waals surface area contributed by atoms with Gasteiger partial charge in [0.1, 0.15) is 17.2 Å². The largest absolute Gasteiger partial charge is 0.496 e. The molecule has 1 amide bonds. The highest BCUT2D eigenvalue weighted by Crippen LogP contribution is 2.28. The lowest BCUT2D eigenvalue weighted by Gasteiger charge is -2.12. The first-order valence-corrected chi connectivity index (χ1v) is 10.0. The highest BCUT2D eigenvalue weighted by Gasteiger charge is 2.14. The Labute approximate surface area is 186 Å². The minimum absolute atomic E-state index is 0.251. The fraction of sp³-hybridized carbons (Fsp3) is 0.120. The molecule has 32 heavy (non-hydrogen) atoms. The number of amides is 1. The molecule has 0 aliphatic rings. The second kappa shape index (κ2) is 9.26. The van der Waals surface area contributed by atoms with Crippen LogP contribution in [0.3, 0.4) is 0 Å². The van der Waals surface area contributed by atoms with Crippen LogP contribution in [-0.2, 0) is 0 Å². The third-order valence-electron chi connectivity index (χ3n) is 4.92. The second-order valence-corrected chi connectivity index (χ2v) is 7.06. The number of methoxy groups -OCH3 is 1. The molecule has 0 fully saturated rings. The molecule has 4 aromatic rings. The van der Waals surface area contributed by atoms with Crippen molar-refractivity contribution in [3.63, 3.8) is 0 Å². The molecule has 2 heterocycles. The molecular weight excluding hydrogens is 404 g/mol. The summed E-state index contributed by atoms with van der Waals surface area (Å²) in [7, 11) is 1.54. The Hall–Kier alpha value is -4.26. The average Bonchev–Trinajstić information content (AvgIpc) is 2.83. The van der Waals surface area contributed by atoms with E-state index in [1.54, 1.807) is 48.7 Å². The molecule has 0 saturated heterocycles. The number of nitrogens with one attached hydrogen (secondary N) is 1. The highest BCUT2D eigenvalue weighted by atomic mass is 16.5. The average molecular weight is 426 g/mol. The van der Waals surface area contributed by atoms with Gasteiger partial charge in [-0.15, -0.1) is 0 Å². The van der Waals surface area contributed by atoms with Crippen molar-refractivity contribution in [2.45, 2.75) is 13.8 Å². The van der Waals surface area contributed by atoms with E-state index in [4.69, 9.17) is 9.47 Å². The summed E-state index contributed by atoms with van der Waals surface area (Å²) in [5.41, 5.74) is 3.44. The van der Waals surface area contributed by atoms with Crippen LogP contribution < -0.4 is 14.8 Å². The van der Waals surface area contributed by atoms with E-state index >= 15 is 0 Å².